The first kappa shape index (κ1) is 16.0. The van der Waals surface area contributed by atoms with E-state index in [0.29, 0.717) is 13.1 Å². The van der Waals surface area contributed by atoms with E-state index in [9.17, 15) is 9.59 Å². The van der Waals surface area contributed by atoms with E-state index in [2.05, 4.69) is 0 Å². The minimum Gasteiger partial charge on any atom is -0.478 e. The van der Waals surface area contributed by atoms with E-state index in [1.807, 2.05) is 20.8 Å². The van der Waals surface area contributed by atoms with Gasteiger partial charge in [0.1, 0.15) is 0 Å². The molecule has 1 N–H and O–H groups in total. The van der Waals surface area contributed by atoms with Crippen LogP contribution in [0.5, 0.6) is 0 Å². The third-order valence-electron chi connectivity index (χ3n) is 3.16. The molecule has 1 rings (SSSR count). The highest BCUT2D eigenvalue weighted by atomic mass is 16.4. The van der Waals surface area contributed by atoms with E-state index in [1.165, 1.54) is 0 Å². The van der Waals surface area contributed by atoms with Crippen molar-refractivity contribution in [2.45, 2.75) is 33.4 Å². The molecule has 0 atom stereocenters. The Morgan fingerprint density at radius 2 is 1.75 bits per heavy atom. The summed E-state index contributed by atoms with van der Waals surface area (Å²) in [5.41, 5.74) is 1.16. The normalized spacial score (nSPS) is 10.4. The molecule has 0 saturated carbocycles. The Morgan fingerprint density at radius 3 is 2.15 bits per heavy atom. The molecule has 20 heavy (non-hydrogen) atoms. The number of carboxylic acids is 1. The fourth-order valence-electron chi connectivity index (χ4n) is 2.03. The van der Waals surface area contributed by atoms with Crippen LogP contribution < -0.4 is 0 Å². The van der Waals surface area contributed by atoms with Crippen LogP contribution in [0.2, 0.25) is 0 Å². The smallest absolute Gasteiger partial charge is 0.335 e. The maximum atomic E-state index is 12.3. The largest absolute Gasteiger partial charge is 0.478 e. The first-order chi connectivity index (χ1) is 9.36. The molecule has 0 spiro atoms. The number of hydrogen-bond donors (Lipinski definition) is 1. The van der Waals surface area contributed by atoms with Crippen LogP contribution in [-0.4, -0.2) is 46.5 Å². The van der Waals surface area contributed by atoms with Crippen LogP contribution in [0.15, 0.2) is 24.3 Å². The lowest BCUT2D eigenvalue weighted by molar-refractivity contribution is 0.0696. The standard InChI is InChI=1S/C15H22N2O3/c1-5-17(11(2)3)15(20)16(4)10-12-6-8-13(9-7-12)14(18)19/h6-9,11H,5,10H2,1-4H3,(H,18,19). The lowest BCUT2D eigenvalue weighted by Gasteiger charge is -2.30. The van der Waals surface area contributed by atoms with Gasteiger partial charge in [0.25, 0.3) is 0 Å². The second-order valence-corrected chi connectivity index (χ2v) is 5.02. The zero-order chi connectivity index (χ0) is 15.3. The number of carbonyl (C=O) groups is 2. The van der Waals surface area contributed by atoms with Crippen molar-refractivity contribution >= 4 is 12.0 Å². The van der Waals surface area contributed by atoms with Crippen LogP contribution in [0.1, 0.15) is 36.7 Å². The number of amides is 2. The number of benzene rings is 1. The van der Waals surface area contributed by atoms with Crippen molar-refractivity contribution in [3.8, 4) is 0 Å². The Morgan fingerprint density at radius 1 is 1.20 bits per heavy atom. The van der Waals surface area contributed by atoms with Crippen molar-refractivity contribution in [1.29, 1.82) is 0 Å². The summed E-state index contributed by atoms with van der Waals surface area (Å²) in [6.07, 6.45) is 0. The van der Waals surface area contributed by atoms with Crippen LogP contribution in [0.3, 0.4) is 0 Å². The molecule has 2 amide bonds. The fraction of sp³-hybridized carbons (Fsp3) is 0.467. The molecule has 110 valence electrons. The number of nitrogens with zero attached hydrogens (tertiary/aromatic N) is 2. The van der Waals surface area contributed by atoms with Crippen molar-refractivity contribution < 1.29 is 14.7 Å². The Balaban J connectivity index is 2.72. The van der Waals surface area contributed by atoms with Gasteiger partial charge in [-0.15, -0.1) is 0 Å². The maximum Gasteiger partial charge on any atom is 0.335 e. The molecular formula is C15H22N2O3. The van der Waals surface area contributed by atoms with Crippen molar-refractivity contribution in [2.24, 2.45) is 0 Å². The topological polar surface area (TPSA) is 60.9 Å². The second-order valence-electron chi connectivity index (χ2n) is 5.02. The van der Waals surface area contributed by atoms with Crippen LogP contribution in [0.4, 0.5) is 4.79 Å². The zero-order valence-electron chi connectivity index (χ0n) is 12.5. The van der Waals surface area contributed by atoms with Gasteiger partial charge in [-0.25, -0.2) is 9.59 Å². The van der Waals surface area contributed by atoms with Crippen LogP contribution >= 0.6 is 0 Å². The molecule has 0 fully saturated rings. The zero-order valence-corrected chi connectivity index (χ0v) is 12.5. The number of urea groups is 1. The lowest BCUT2D eigenvalue weighted by atomic mass is 10.1. The number of carbonyl (C=O) groups excluding carboxylic acids is 1. The monoisotopic (exact) mass is 278 g/mol. The predicted octanol–water partition coefficient (Wildman–Crippen LogP) is 2.67. The molecule has 0 radical (unpaired) electrons. The summed E-state index contributed by atoms with van der Waals surface area (Å²) < 4.78 is 0. The number of carboxylic acid groups (broad SMARTS) is 1. The lowest BCUT2D eigenvalue weighted by Crippen LogP contribution is -2.44. The minimum atomic E-state index is -0.946. The van der Waals surface area contributed by atoms with Gasteiger partial charge >= 0.3 is 12.0 Å². The van der Waals surface area contributed by atoms with Gasteiger partial charge in [-0.2, -0.15) is 0 Å². The molecule has 5 nitrogen and oxygen atoms in total. The molecule has 1 aromatic carbocycles. The van der Waals surface area contributed by atoms with Gasteiger partial charge in [0.05, 0.1) is 5.56 Å². The Kier molecular flexibility index (Phi) is 5.55. The van der Waals surface area contributed by atoms with E-state index < -0.39 is 5.97 Å². The quantitative estimate of drug-likeness (QED) is 0.900. The highest BCUT2D eigenvalue weighted by Crippen LogP contribution is 2.10. The highest BCUT2D eigenvalue weighted by molar-refractivity contribution is 5.87. The van der Waals surface area contributed by atoms with E-state index in [4.69, 9.17) is 5.11 Å². The number of rotatable bonds is 5. The van der Waals surface area contributed by atoms with Gasteiger partial charge in [0.2, 0.25) is 0 Å². The fourth-order valence-corrected chi connectivity index (χ4v) is 2.03. The Labute approximate surface area is 119 Å². The number of hydrogen-bond acceptors (Lipinski definition) is 2. The number of aromatic carboxylic acids is 1. The molecule has 0 saturated heterocycles. The molecule has 0 aliphatic heterocycles. The SMILES string of the molecule is CCN(C(=O)N(C)Cc1ccc(C(=O)O)cc1)C(C)C. The van der Waals surface area contributed by atoms with E-state index >= 15 is 0 Å². The van der Waals surface area contributed by atoms with Crippen molar-refractivity contribution in [3.63, 3.8) is 0 Å². The molecule has 0 heterocycles. The molecule has 0 aromatic heterocycles. The molecule has 0 aliphatic carbocycles. The van der Waals surface area contributed by atoms with Gasteiger partial charge in [0.15, 0.2) is 0 Å². The third kappa shape index (κ3) is 3.98. The van der Waals surface area contributed by atoms with Gasteiger partial charge in [-0.3, -0.25) is 0 Å². The summed E-state index contributed by atoms with van der Waals surface area (Å²) in [7, 11) is 1.75. The predicted molar refractivity (Wildman–Crippen MR) is 77.8 cm³/mol. The van der Waals surface area contributed by atoms with Crippen molar-refractivity contribution in [3.05, 3.63) is 35.4 Å². The highest BCUT2D eigenvalue weighted by Gasteiger charge is 2.19. The Bertz CT molecular complexity index is 469. The van der Waals surface area contributed by atoms with E-state index in [0.717, 1.165) is 5.56 Å². The minimum absolute atomic E-state index is 0.0233. The van der Waals surface area contributed by atoms with Gasteiger partial charge < -0.3 is 14.9 Å². The summed E-state index contributed by atoms with van der Waals surface area (Å²) in [4.78, 5) is 26.4. The first-order valence-electron chi connectivity index (χ1n) is 6.70. The summed E-state index contributed by atoms with van der Waals surface area (Å²) in [5, 5.41) is 8.84. The molecule has 0 bridgehead atoms. The second kappa shape index (κ2) is 6.93. The maximum absolute atomic E-state index is 12.3. The van der Waals surface area contributed by atoms with Gasteiger partial charge in [-0.05, 0) is 38.5 Å². The Hall–Kier alpha value is -2.04. The van der Waals surface area contributed by atoms with Crippen LogP contribution in [0, 0.1) is 0 Å². The van der Waals surface area contributed by atoms with Gasteiger partial charge in [-0.1, -0.05) is 12.1 Å². The first-order valence-corrected chi connectivity index (χ1v) is 6.70. The molecule has 0 aliphatic rings. The van der Waals surface area contributed by atoms with Crippen molar-refractivity contribution in [2.75, 3.05) is 13.6 Å². The van der Waals surface area contributed by atoms with Crippen LogP contribution in [-0.2, 0) is 6.54 Å². The van der Waals surface area contributed by atoms with E-state index in [-0.39, 0.29) is 17.6 Å². The molecule has 5 heteroatoms. The average molecular weight is 278 g/mol. The summed E-state index contributed by atoms with van der Waals surface area (Å²) in [6, 6.07) is 6.71. The summed E-state index contributed by atoms with van der Waals surface area (Å²) >= 11 is 0. The van der Waals surface area contributed by atoms with Crippen LogP contribution in [0.25, 0.3) is 0 Å². The van der Waals surface area contributed by atoms with E-state index in [1.54, 1.807) is 41.1 Å². The molecule has 0 unspecified atom stereocenters. The third-order valence-corrected chi connectivity index (χ3v) is 3.16. The summed E-state index contributed by atoms with van der Waals surface area (Å²) in [6.45, 7) is 7.04. The molecule has 1 aromatic rings. The summed E-state index contributed by atoms with van der Waals surface area (Å²) in [5.74, 6) is -0.946. The molecular weight excluding hydrogens is 256 g/mol. The van der Waals surface area contributed by atoms with Gasteiger partial charge in [0, 0.05) is 26.2 Å². The van der Waals surface area contributed by atoms with Crippen molar-refractivity contribution in [1.82, 2.24) is 9.80 Å². The average Bonchev–Trinajstić information content (AvgIpc) is 2.39.